The number of halogens is 1. The second-order valence-electron chi connectivity index (χ2n) is 4.17. The fraction of sp³-hybridized carbons (Fsp3) is 0.143. The van der Waals surface area contributed by atoms with E-state index in [0.717, 1.165) is 17.7 Å². The third kappa shape index (κ3) is 3.26. The van der Waals surface area contributed by atoms with E-state index < -0.39 is 16.4 Å². The monoisotopic (exact) mass is 292 g/mol. The number of nitro benzene ring substituents is 1. The smallest absolute Gasteiger partial charge is 0.314 e. The first-order valence-corrected chi connectivity index (χ1v) is 6.04. The van der Waals surface area contributed by atoms with Crippen molar-refractivity contribution in [3.63, 3.8) is 0 Å². The van der Waals surface area contributed by atoms with Crippen LogP contribution in [0.3, 0.4) is 0 Å². The van der Waals surface area contributed by atoms with Gasteiger partial charge in [0.15, 0.2) is 11.6 Å². The number of rotatable bonds is 5. The number of ether oxygens (including phenoxy) is 2. The molecule has 0 spiro atoms. The van der Waals surface area contributed by atoms with Crippen LogP contribution in [0.4, 0.5) is 10.1 Å². The lowest BCUT2D eigenvalue weighted by Gasteiger charge is -2.10. The van der Waals surface area contributed by atoms with Crippen molar-refractivity contribution in [1.29, 1.82) is 0 Å². The van der Waals surface area contributed by atoms with Gasteiger partial charge in [0, 0.05) is 12.6 Å². The van der Waals surface area contributed by atoms with E-state index in [-0.39, 0.29) is 11.5 Å². The summed E-state index contributed by atoms with van der Waals surface area (Å²) in [4.78, 5) is 10.1. The highest BCUT2D eigenvalue weighted by Crippen LogP contribution is 2.35. The van der Waals surface area contributed by atoms with Crippen LogP contribution < -0.4 is 15.2 Å². The number of hydrogen-bond donors (Lipinski definition) is 1. The third-order valence-electron chi connectivity index (χ3n) is 2.79. The minimum atomic E-state index is -0.847. The molecule has 0 atom stereocenters. The summed E-state index contributed by atoms with van der Waals surface area (Å²) >= 11 is 0. The lowest BCUT2D eigenvalue weighted by atomic mass is 10.2. The molecule has 7 heteroatoms. The maximum absolute atomic E-state index is 13.9. The average molecular weight is 292 g/mol. The first kappa shape index (κ1) is 14.7. The maximum Gasteiger partial charge on any atom is 0.314 e. The van der Waals surface area contributed by atoms with Crippen LogP contribution in [0.5, 0.6) is 17.2 Å². The largest absolute Gasteiger partial charge is 0.490 e. The van der Waals surface area contributed by atoms with Crippen molar-refractivity contribution in [2.24, 2.45) is 5.73 Å². The van der Waals surface area contributed by atoms with E-state index in [2.05, 4.69) is 0 Å². The van der Waals surface area contributed by atoms with E-state index in [1.807, 2.05) is 0 Å². The quantitative estimate of drug-likeness (QED) is 0.676. The molecule has 0 radical (unpaired) electrons. The molecule has 6 nitrogen and oxygen atoms in total. The Hall–Kier alpha value is -2.67. The summed E-state index contributed by atoms with van der Waals surface area (Å²) in [7, 11) is 1.26. The highest BCUT2D eigenvalue weighted by atomic mass is 19.1. The standard InChI is InChI=1S/C14H13FN2O4/c1-20-14-7-13(11(15)6-12(14)17(18)19)21-10-4-2-3-9(5-10)8-16/h2-7H,8,16H2,1H3. The topological polar surface area (TPSA) is 87.6 Å². The Morgan fingerprint density at radius 1 is 1.29 bits per heavy atom. The van der Waals surface area contributed by atoms with Crippen LogP contribution >= 0.6 is 0 Å². The van der Waals surface area contributed by atoms with Crippen molar-refractivity contribution in [3.8, 4) is 17.2 Å². The van der Waals surface area contributed by atoms with Gasteiger partial charge in [-0.15, -0.1) is 0 Å². The molecule has 0 amide bonds. The Morgan fingerprint density at radius 3 is 2.67 bits per heavy atom. The molecule has 0 bridgehead atoms. The SMILES string of the molecule is COc1cc(Oc2cccc(CN)c2)c(F)cc1[N+](=O)[O-]. The number of nitrogens with two attached hydrogens (primary N) is 1. The summed E-state index contributed by atoms with van der Waals surface area (Å²) in [6.07, 6.45) is 0. The number of nitrogens with zero attached hydrogens (tertiary/aromatic N) is 1. The molecule has 0 fully saturated rings. The Morgan fingerprint density at radius 2 is 2.05 bits per heavy atom. The number of methoxy groups -OCH3 is 1. The molecule has 0 saturated heterocycles. The van der Waals surface area contributed by atoms with Gasteiger partial charge < -0.3 is 15.2 Å². The Bertz CT molecular complexity index is 676. The summed E-state index contributed by atoms with van der Waals surface area (Å²) in [5.41, 5.74) is 5.88. The minimum absolute atomic E-state index is 0.0774. The van der Waals surface area contributed by atoms with Crippen LogP contribution in [0, 0.1) is 15.9 Å². The lowest BCUT2D eigenvalue weighted by Crippen LogP contribution is -1.98. The Labute approximate surface area is 120 Å². The molecule has 21 heavy (non-hydrogen) atoms. The molecular formula is C14H13FN2O4. The molecule has 0 aliphatic heterocycles. The number of hydrogen-bond acceptors (Lipinski definition) is 5. The van der Waals surface area contributed by atoms with Crippen molar-refractivity contribution in [1.82, 2.24) is 0 Å². The number of nitro groups is 1. The first-order chi connectivity index (χ1) is 10.0. The second-order valence-corrected chi connectivity index (χ2v) is 4.17. The highest BCUT2D eigenvalue weighted by molar-refractivity contribution is 5.52. The van der Waals surface area contributed by atoms with E-state index in [1.54, 1.807) is 24.3 Å². The van der Waals surface area contributed by atoms with E-state index in [9.17, 15) is 14.5 Å². The summed E-state index contributed by atoms with van der Waals surface area (Å²) < 4.78 is 24.2. The molecule has 2 aromatic carbocycles. The zero-order valence-corrected chi connectivity index (χ0v) is 11.2. The van der Waals surface area contributed by atoms with Crippen molar-refractivity contribution in [2.75, 3.05) is 7.11 Å². The van der Waals surface area contributed by atoms with Gasteiger partial charge in [-0.2, -0.15) is 0 Å². The molecule has 2 aromatic rings. The van der Waals surface area contributed by atoms with Crippen LogP contribution in [0.25, 0.3) is 0 Å². The molecule has 0 aliphatic carbocycles. The normalized spacial score (nSPS) is 10.2. The second kappa shape index (κ2) is 6.19. The minimum Gasteiger partial charge on any atom is -0.490 e. The Kier molecular flexibility index (Phi) is 4.34. The van der Waals surface area contributed by atoms with Gasteiger partial charge in [-0.1, -0.05) is 12.1 Å². The van der Waals surface area contributed by atoms with Crippen molar-refractivity contribution >= 4 is 5.69 Å². The van der Waals surface area contributed by atoms with Gasteiger partial charge in [-0.05, 0) is 17.7 Å². The summed E-state index contributed by atoms with van der Waals surface area (Å²) in [5, 5.41) is 10.8. The predicted molar refractivity (Wildman–Crippen MR) is 74.0 cm³/mol. The van der Waals surface area contributed by atoms with Gasteiger partial charge >= 0.3 is 5.69 Å². The van der Waals surface area contributed by atoms with Gasteiger partial charge in [0.25, 0.3) is 0 Å². The van der Waals surface area contributed by atoms with Crippen LogP contribution in [0.1, 0.15) is 5.56 Å². The summed E-state index contributed by atoms with van der Waals surface area (Å²) in [6.45, 7) is 0.323. The van der Waals surface area contributed by atoms with Crippen LogP contribution in [0.2, 0.25) is 0 Å². The molecule has 0 saturated carbocycles. The Balaban J connectivity index is 2.37. The molecule has 2 N–H and O–H groups in total. The fourth-order valence-corrected chi connectivity index (χ4v) is 1.77. The fourth-order valence-electron chi connectivity index (χ4n) is 1.77. The molecular weight excluding hydrogens is 279 g/mol. The van der Waals surface area contributed by atoms with Crippen molar-refractivity contribution in [2.45, 2.75) is 6.54 Å². The first-order valence-electron chi connectivity index (χ1n) is 6.04. The van der Waals surface area contributed by atoms with E-state index >= 15 is 0 Å². The van der Waals surface area contributed by atoms with Gasteiger partial charge in [0.2, 0.25) is 5.75 Å². The van der Waals surface area contributed by atoms with Crippen LogP contribution in [-0.4, -0.2) is 12.0 Å². The zero-order chi connectivity index (χ0) is 15.4. The third-order valence-corrected chi connectivity index (χ3v) is 2.79. The van der Waals surface area contributed by atoms with Gasteiger partial charge in [-0.3, -0.25) is 10.1 Å². The van der Waals surface area contributed by atoms with Gasteiger partial charge in [0.05, 0.1) is 18.1 Å². The number of benzene rings is 2. The maximum atomic E-state index is 13.9. The molecule has 0 heterocycles. The van der Waals surface area contributed by atoms with Gasteiger partial charge in [-0.25, -0.2) is 4.39 Å². The van der Waals surface area contributed by atoms with Crippen molar-refractivity contribution in [3.05, 3.63) is 57.9 Å². The van der Waals surface area contributed by atoms with E-state index in [0.29, 0.717) is 12.3 Å². The summed E-state index contributed by atoms with van der Waals surface area (Å²) in [6, 6.07) is 8.72. The van der Waals surface area contributed by atoms with Crippen molar-refractivity contribution < 1.29 is 18.8 Å². The molecule has 110 valence electrons. The highest BCUT2D eigenvalue weighted by Gasteiger charge is 2.20. The van der Waals surface area contributed by atoms with E-state index in [1.165, 1.54) is 7.11 Å². The molecule has 0 unspecified atom stereocenters. The van der Waals surface area contributed by atoms with Gasteiger partial charge in [0.1, 0.15) is 5.75 Å². The lowest BCUT2D eigenvalue weighted by molar-refractivity contribution is -0.386. The molecule has 0 aliphatic rings. The molecule has 0 aromatic heterocycles. The van der Waals surface area contributed by atoms with E-state index in [4.69, 9.17) is 15.2 Å². The van der Waals surface area contributed by atoms with Crippen LogP contribution in [-0.2, 0) is 6.54 Å². The molecule has 2 rings (SSSR count). The predicted octanol–water partition coefficient (Wildman–Crippen LogP) is 2.99. The van der Waals surface area contributed by atoms with Crippen LogP contribution in [0.15, 0.2) is 36.4 Å². The zero-order valence-electron chi connectivity index (χ0n) is 11.2. The average Bonchev–Trinajstić information content (AvgIpc) is 2.49. The summed E-state index contributed by atoms with van der Waals surface area (Å²) in [5.74, 6) is -0.702.